The van der Waals surface area contributed by atoms with Gasteiger partial charge >= 0.3 is 0 Å². The van der Waals surface area contributed by atoms with Gasteiger partial charge in [0.05, 0.1) is 13.2 Å². The Morgan fingerprint density at radius 3 is 2.47 bits per heavy atom. The molecule has 1 amide bonds. The Kier molecular flexibility index (Phi) is 6.52. The predicted octanol–water partition coefficient (Wildman–Crippen LogP) is 6.22. The number of methoxy groups -OCH3 is 1. The molecule has 2 aromatic heterocycles. The Balaban J connectivity index is 1.77. The first kappa shape index (κ1) is 21.6. The van der Waals surface area contributed by atoms with Gasteiger partial charge in [-0.3, -0.25) is 4.79 Å². The molecule has 2 heterocycles. The quantitative estimate of drug-likeness (QED) is 0.356. The van der Waals surface area contributed by atoms with Gasteiger partial charge in [-0.1, -0.05) is 36.4 Å². The molecule has 32 heavy (non-hydrogen) atoms. The normalized spacial score (nSPS) is 11.6. The van der Waals surface area contributed by atoms with Crippen molar-refractivity contribution < 1.29 is 9.53 Å². The van der Waals surface area contributed by atoms with Gasteiger partial charge in [-0.2, -0.15) is 0 Å². The van der Waals surface area contributed by atoms with Crippen LogP contribution >= 0.6 is 11.3 Å². The van der Waals surface area contributed by atoms with E-state index in [-0.39, 0.29) is 11.9 Å². The number of nitrogens with zero attached hydrogens (tertiary/aromatic N) is 1. The molecular weight excluding hydrogens is 418 g/mol. The molecule has 0 fully saturated rings. The van der Waals surface area contributed by atoms with Crippen LogP contribution in [0.2, 0.25) is 0 Å². The number of benzene rings is 2. The Morgan fingerprint density at radius 1 is 0.969 bits per heavy atom. The molecule has 0 aliphatic carbocycles. The van der Waals surface area contributed by atoms with Crippen LogP contribution in [0.3, 0.4) is 0 Å². The number of pyridine rings is 1. The van der Waals surface area contributed by atoms with Crippen LogP contribution in [0.5, 0.6) is 5.75 Å². The fourth-order valence-corrected chi connectivity index (χ4v) is 4.55. The summed E-state index contributed by atoms with van der Waals surface area (Å²) in [6, 6.07) is 22.9. The standard InChI is InChI=1S/C26H25N3O2S/c1-17-13-14-27-23(15-17)28-24(20-11-7-8-12-22(20)31-3)21-16-18(2)32-26(21)29-25(30)19-9-5-4-6-10-19/h4-16,24H,1-3H3,(H,27,28)(H,29,30)/t24-/m0/s1. The number of aryl methyl sites for hydroxylation is 2. The van der Waals surface area contributed by atoms with E-state index < -0.39 is 0 Å². The number of hydrogen-bond donors (Lipinski definition) is 2. The molecule has 0 bridgehead atoms. The molecule has 162 valence electrons. The van der Waals surface area contributed by atoms with E-state index in [4.69, 9.17) is 4.74 Å². The van der Waals surface area contributed by atoms with E-state index >= 15 is 0 Å². The highest BCUT2D eigenvalue weighted by Crippen LogP contribution is 2.40. The topological polar surface area (TPSA) is 63.2 Å². The highest BCUT2D eigenvalue weighted by atomic mass is 32.1. The van der Waals surface area contributed by atoms with Gasteiger partial charge in [-0.15, -0.1) is 11.3 Å². The fraction of sp³-hybridized carbons (Fsp3) is 0.154. The Hall–Kier alpha value is -3.64. The van der Waals surface area contributed by atoms with Crippen molar-refractivity contribution in [3.05, 3.63) is 106 Å². The molecule has 2 aromatic carbocycles. The van der Waals surface area contributed by atoms with E-state index in [0.717, 1.165) is 38.1 Å². The summed E-state index contributed by atoms with van der Waals surface area (Å²) in [5, 5.41) is 7.47. The summed E-state index contributed by atoms with van der Waals surface area (Å²) in [6.45, 7) is 4.07. The molecular formula is C26H25N3O2S. The largest absolute Gasteiger partial charge is 0.496 e. The average molecular weight is 444 g/mol. The van der Waals surface area contributed by atoms with Crippen LogP contribution in [0.25, 0.3) is 0 Å². The molecule has 1 atom stereocenters. The predicted molar refractivity (Wildman–Crippen MR) is 131 cm³/mol. The Bertz CT molecular complexity index is 1220. The summed E-state index contributed by atoms with van der Waals surface area (Å²) in [7, 11) is 1.66. The zero-order valence-corrected chi connectivity index (χ0v) is 19.1. The molecule has 0 radical (unpaired) electrons. The first-order chi connectivity index (χ1) is 15.5. The van der Waals surface area contributed by atoms with E-state index in [2.05, 4.69) is 21.7 Å². The highest BCUT2D eigenvalue weighted by molar-refractivity contribution is 7.16. The lowest BCUT2D eigenvalue weighted by molar-refractivity contribution is 0.102. The van der Waals surface area contributed by atoms with E-state index in [1.807, 2.05) is 80.6 Å². The van der Waals surface area contributed by atoms with Gasteiger partial charge in [-0.05, 0) is 55.8 Å². The molecule has 0 aliphatic rings. The minimum atomic E-state index is -0.267. The molecule has 0 unspecified atom stereocenters. The molecule has 0 saturated carbocycles. The van der Waals surface area contributed by atoms with Crippen molar-refractivity contribution >= 4 is 28.1 Å². The van der Waals surface area contributed by atoms with Crippen LogP contribution in [0.4, 0.5) is 10.8 Å². The number of nitrogens with one attached hydrogen (secondary N) is 2. The van der Waals surface area contributed by atoms with Crippen molar-refractivity contribution in [2.24, 2.45) is 0 Å². The second-order valence-electron chi connectivity index (χ2n) is 7.50. The van der Waals surface area contributed by atoms with Gasteiger partial charge in [0, 0.05) is 27.8 Å². The smallest absolute Gasteiger partial charge is 0.256 e. The molecule has 4 rings (SSSR count). The van der Waals surface area contributed by atoms with Gasteiger partial charge in [0.25, 0.3) is 5.91 Å². The second kappa shape index (κ2) is 9.66. The lowest BCUT2D eigenvalue weighted by Gasteiger charge is -2.23. The fourth-order valence-electron chi connectivity index (χ4n) is 3.60. The SMILES string of the molecule is COc1ccccc1[C@H](Nc1cc(C)ccn1)c1cc(C)sc1NC(=O)c1ccccc1. The minimum Gasteiger partial charge on any atom is -0.496 e. The van der Waals surface area contributed by atoms with Crippen LogP contribution in [0, 0.1) is 13.8 Å². The average Bonchev–Trinajstić information content (AvgIpc) is 3.17. The highest BCUT2D eigenvalue weighted by Gasteiger charge is 2.24. The summed E-state index contributed by atoms with van der Waals surface area (Å²) in [5.41, 5.74) is 3.66. The minimum absolute atomic E-state index is 0.138. The molecule has 0 aliphatic heterocycles. The number of aromatic nitrogens is 1. The van der Waals surface area contributed by atoms with Gasteiger partial charge in [0.1, 0.15) is 16.6 Å². The Morgan fingerprint density at radius 2 is 1.72 bits per heavy atom. The number of anilines is 2. The van der Waals surface area contributed by atoms with Crippen molar-refractivity contribution in [3.8, 4) is 5.75 Å². The van der Waals surface area contributed by atoms with Gasteiger partial charge < -0.3 is 15.4 Å². The van der Waals surface area contributed by atoms with Gasteiger partial charge in [-0.25, -0.2) is 4.98 Å². The van der Waals surface area contributed by atoms with E-state index in [1.54, 1.807) is 24.6 Å². The third-order valence-electron chi connectivity index (χ3n) is 5.12. The van der Waals surface area contributed by atoms with Crippen LogP contribution in [0.1, 0.15) is 38.0 Å². The zero-order valence-electron chi connectivity index (χ0n) is 18.3. The summed E-state index contributed by atoms with van der Waals surface area (Å²) < 4.78 is 5.66. The number of hydrogen-bond acceptors (Lipinski definition) is 5. The molecule has 0 saturated heterocycles. The number of carbonyl (C=O) groups is 1. The van der Waals surface area contributed by atoms with Crippen molar-refractivity contribution in [1.82, 2.24) is 4.98 Å². The molecule has 0 spiro atoms. The van der Waals surface area contributed by atoms with Crippen LogP contribution in [0.15, 0.2) is 79.0 Å². The van der Waals surface area contributed by atoms with E-state index in [0.29, 0.717) is 5.56 Å². The molecule has 5 nitrogen and oxygen atoms in total. The monoisotopic (exact) mass is 443 g/mol. The van der Waals surface area contributed by atoms with E-state index in [9.17, 15) is 4.79 Å². The van der Waals surface area contributed by atoms with Crippen LogP contribution in [-0.2, 0) is 0 Å². The number of ether oxygens (including phenoxy) is 1. The molecule has 4 aromatic rings. The van der Waals surface area contributed by atoms with Gasteiger partial charge in [0.15, 0.2) is 0 Å². The maximum Gasteiger partial charge on any atom is 0.256 e. The first-order valence-corrected chi connectivity index (χ1v) is 11.2. The Labute approximate surface area is 192 Å². The number of thiophene rings is 1. The summed E-state index contributed by atoms with van der Waals surface area (Å²) in [6.07, 6.45) is 1.79. The third kappa shape index (κ3) is 4.81. The molecule has 6 heteroatoms. The number of para-hydroxylation sites is 1. The van der Waals surface area contributed by atoms with Crippen molar-refractivity contribution in [3.63, 3.8) is 0 Å². The van der Waals surface area contributed by atoms with Crippen LogP contribution in [-0.4, -0.2) is 18.0 Å². The van der Waals surface area contributed by atoms with Crippen molar-refractivity contribution in [1.29, 1.82) is 0 Å². The van der Waals surface area contributed by atoms with Gasteiger partial charge in [0.2, 0.25) is 0 Å². The summed E-state index contributed by atoms with van der Waals surface area (Å²) >= 11 is 1.55. The first-order valence-electron chi connectivity index (χ1n) is 10.3. The number of amides is 1. The van der Waals surface area contributed by atoms with E-state index in [1.165, 1.54) is 0 Å². The zero-order chi connectivity index (χ0) is 22.5. The lowest BCUT2D eigenvalue weighted by Crippen LogP contribution is -2.17. The molecule has 2 N–H and O–H groups in total. The third-order valence-corrected chi connectivity index (χ3v) is 6.10. The maximum absolute atomic E-state index is 12.9. The maximum atomic E-state index is 12.9. The van der Waals surface area contributed by atoms with Crippen molar-refractivity contribution in [2.45, 2.75) is 19.9 Å². The van der Waals surface area contributed by atoms with Crippen molar-refractivity contribution in [2.75, 3.05) is 17.7 Å². The summed E-state index contributed by atoms with van der Waals surface area (Å²) in [4.78, 5) is 18.5. The second-order valence-corrected chi connectivity index (χ2v) is 8.76. The number of rotatable bonds is 7. The van der Waals surface area contributed by atoms with Crippen LogP contribution < -0.4 is 15.4 Å². The summed E-state index contributed by atoms with van der Waals surface area (Å²) in [5.74, 6) is 1.38. The lowest BCUT2D eigenvalue weighted by atomic mass is 9.98. The number of carbonyl (C=O) groups excluding carboxylic acids is 1.